The molecule has 23 heavy (non-hydrogen) atoms. The number of nitrogens with two attached hydrogens (primary N) is 1. The Labute approximate surface area is 135 Å². The predicted molar refractivity (Wildman–Crippen MR) is 87.5 cm³/mol. The molecule has 0 spiro atoms. The Morgan fingerprint density at radius 2 is 2.04 bits per heavy atom. The third kappa shape index (κ3) is 5.21. The van der Waals surface area contributed by atoms with Gasteiger partial charge in [-0.1, -0.05) is 6.08 Å². The third-order valence-corrected chi connectivity index (χ3v) is 3.20. The van der Waals surface area contributed by atoms with Gasteiger partial charge >= 0.3 is 6.03 Å². The van der Waals surface area contributed by atoms with Crippen LogP contribution in [0.15, 0.2) is 24.8 Å². The molecule has 126 valence electrons. The largest absolute Gasteiger partial charge is 0.493 e. The summed E-state index contributed by atoms with van der Waals surface area (Å²) in [6.07, 6.45) is 2.37. The summed E-state index contributed by atoms with van der Waals surface area (Å²) in [5, 5.41) is 5.05. The molecule has 1 aromatic rings. The minimum Gasteiger partial charge on any atom is -0.493 e. The Morgan fingerprint density at radius 3 is 2.57 bits per heavy atom. The fraction of sp³-hybridized carbons (Fsp3) is 0.375. The number of ether oxygens (including phenoxy) is 2. The van der Waals surface area contributed by atoms with E-state index in [1.54, 1.807) is 33.3 Å². The van der Waals surface area contributed by atoms with Crippen molar-refractivity contribution in [3.8, 4) is 11.5 Å². The maximum absolute atomic E-state index is 11.9. The van der Waals surface area contributed by atoms with Gasteiger partial charge in [-0.3, -0.25) is 4.79 Å². The van der Waals surface area contributed by atoms with Gasteiger partial charge in [0, 0.05) is 12.1 Å². The van der Waals surface area contributed by atoms with Crippen LogP contribution in [-0.2, 0) is 17.8 Å². The maximum atomic E-state index is 11.9. The molecule has 1 atom stereocenters. The highest BCUT2D eigenvalue weighted by Crippen LogP contribution is 2.33. The molecule has 1 rings (SSSR count). The number of amides is 3. The van der Waals surface area contributed by atoms with Crippen LogP contribution in [0.4, 0.5) is 4.79 Å². The first-order valence-corrected chi connectivity index (χ1v) is 7.11. The smallest absolute Gasteiger partial charge is 0.312 e. The lowest BCUT2D eigenvalue weighted by molar-refractivity contribution is -0.122. The zero-order chi connectivity index (χ0) is 17.4. The minimum absolute atomic E-state index is 0.286. The molecule has 0 aliphatic carbocycles. The van der Waals surface area contributed by atoms with E-state index < -0.39 is 12.1 Å². The quantitative estimate of drug-likeness (QED) is 0.624. The van der Waals surface area contributed by atoms with Crippen LogP contribution in [-0.4, -0.2) is 32.2 Å². The number of primary amides is 1. The number of urea groups is 1. The number of hydrogen-bond donors (Lipinski definition) is 3. The lowest BCUT2D eigenvalue weighted by Gasteiger charge is -2.16. The molecular weight excluding hydrogens is 298 g/mol. The third-order valence-electron chi connectivity index (χ3n) is 3.20. The number of hydrogen-bond acceptors (Lipinski definition) is 4. The second-order valence-electron chi connectivity index (χ2n) is 4.93. The normalized spacial score (nSPS) is 11.3. The molecule has 1 aromatic carbocycles. The fourth-order valence-corrected chi connectivity index (χ4v) is 2.14. The molecule has 0 fully saturated rings. The molecule has 4 N–H and O–H groups in total. The average Bonchev–Trinajstić information content (AvgIpc) is 2.51. The minimum atomic E-state index is -0.743. The summed E-state index contributed by atoms with van der Waals surface area (Å²) < 4.78 is 10.7. The number of carbonyl (C=O) groups excluding carboxylic acids is 2. The van der Waals surface area contributed by atoms with Crippen LogP contribution in [0, 0.1) is 0 Å². The van der Waals surface area contributed by atoms with Crippen LogP contribution in [0.3, 0.4) is 0 Å². The summed E-state index contributed by atoms with van der Waals surface area (Å²) >= 11 is 0. The first-order valence-electron chi connectivity index (χ1n) is 7.11. The van der Waals surface area contributed by atoms with Crippen molar-refractivity contribution in [3.05, 3.63) is 35.9 Å². The van der Waals surface area contributed by atoms with Crippen molar-refractivity contribution in [1.82, 2.24) is 10.6 Å². The molecule has 0 saturated heterocycles. The molecule has 7 heteroatoms. The van der Waals surface area contributed by atoms with Gasteiger partial charge < -0.3 is 25.8 Å². The highest BCUT2D eigenvalue weighted by atomic mass is 16.5. The van der Waals surface area contributed by atoms with Crippen molar-refractivity contribution in [3.63, 3.8) is 0 Å². The number of allylic oxidation sites excluding steroid dienone is 1. The topological polar surface area (TPSA) is 103 Å². The Balaban J connectivity index is 2.88. The summed E-state index contributed by atoms with van der Waals surface area (Å²) in [4.78, 5) is 22.6. The summed E-state index contributed by atoms with van der Waals surface area (Å²) in [6, 6.07) is 2.25. The van der Waals surface area contributed by atoms with Crippen molar-refractivity contribution in [2.45, 2.75) is 25.9 Å². The summed E-state index contributed by atoms with van der Waals surface area (Å²) in [6.45, 7) is 5.56. The Bertz CT molecular complexity index is 587. The van der Waals surface area contributed by atoms with Crippen LogP contribution in [0.1, 0.15) is 18.1 Å². The van der Waals surface area contributed by atoms with Crippen molar-refractivity contribution < 1.29 is 19.1 Å². The van der Waals surface area contributed by atoms with Gasteiger partial charge in [-0.25, -0.2) is 4.79 Å². The van der Waals surface area contributed by atoms with Crippen molar-refractivity contribution in [2.24, 2.45) is 5.73 Å². The summed E-state index contributed by atoms with van der Waals surface area (Å²) in [7, 11) is 3.12. The zero-order valence-corrected chi connectivity index (χ0v) is 13.6. The highest BCUT2D eigenvalue weighted by molar-refractivity contribution is 5.86. The molecular formula is C16H23N3O4. The zero-order valence-electron chi connectivity index (χ0n) is 13.6. The van der Waals surface area contributed by atoms with Crippen LogP contribution in [0.5, 0.6) is 11.5 Å². The molecule has 0 aromatic heterocycles. The van der Waals surface area contributed by atoms with Crippen LogP contribution in [0.25, 0.3) is 0 Å². The number of nitrogens with one attached hydrogen (secondary N) is 2. The molecule has 0 unspecified atom stereocenters. The van der Waals surface area contributed by atoms with E-state index in [0.29, 0.717) is 17.9 Å². The van der Waals surface area contributed by atoms with Crippen molar-refractivity contribution in [1.29, 1.82) is 0 Å². The molecule has 7 nitrogen and oxygen atoms in total. The molecule has 0 saturated carbocycles. The molecule has 0 aliphatic rings. The standard InChI is InChI=1S/C16H23N3O4/c1-5-6-12-7-11(8-13(22-3)14(12)23-4)9-18-15(20)10(2)19-16(17)21/h5,7-8,10H,1,6,9H2,2-4H3,(H,18,20)(H3,17,19,21)/t10-/m0/s1. The maximum Gasteiger partial charge on any atom is 0.312 e. The SMILES string of the molecule is C=CCc1cc(CNC(=O)[C@H](C)NC(N)=O)cc(OC)c1OC. The number of carbonyl (C=O) groups is 2. The van der Waals surface area contributed by atoms with E-state index in [4.69, 9.17) is 15.2 Å². The van der Waals surface area contributed by atoms with Gasteiger partial charge in [0.15, 0.2) is 11.5 Å². The van der Waals surface area contributed by atoms with E-state index in [9.17, 15) is 9.59 Å². The van der Waals surface area contributed by atoms with E-state index in [2.05, 4.69) is 17.2 Å². The van der Waals surface area contributed by atoms with Gasteiger partial charge in [0.25, 0.3) is 0 Å². The first-order chi connectivity index (χ1) is 10.9. The first kappa shape index (κ1) is 18.3. The van der Waals surface area contributed by atoms with Crippen molar-refractivity contribution >= 4 is 11.9 Å². The molecule has 3 amide bonds. The Kier molecular flexibility index (Phi) is 6.92. The van der Waals surface area contributed by atoms with Crippen LogP contribution in [0.2, 0.25) is 0 Å². The van der Waals surface area contributed by atoms with Crippen molar-refractivity contribution in [2.75, 3.05) is 14.2 Å². The fourth-order valence-electron chi connectivity index (χ4n) is 2.14. The van der Waals surface area contributed by atoms with E-state index >= 15 is 0 Å². The van der Waals surface area contributed by atoms with E-state index in [-0.39, 0.29) is 12.5 Å². The van der Waals surface area contributed by atoms with Gasteiger partial charge in [-0.2, -0.15) is 0 Å². The predicted octanol–water partition coefficient (Wildman–Crippen LogP) is 1.11. The molecule has 0 bridgehead atoms. The van der Waals surface area contributed by atoms with Gasteiger partial charge in [-0.05, 0) is 31.0 Å². The Hall–Kier alpha value is -2.70. The van der Waals surface area contributed by atoms with Crippen LogP contribution >= 0.6 is 0 Å². The van der Waals surface area contributed by atoms with Gasteiger partial charge in [0.1, 0.15) is 6.04 Å². The van der Waals surface area contributed by atoms with Gasteiger partial charge in [0.2, 0.25) is 5.91 Å². The lowest BCUT2D eigenvalue weighted by Crippen LogP contribution is -2.46. The second kappa shape index (κ2) is 8.67. The Morgan fingerprint density at radius 1 is 1.35 bits per heavy atom. The summed E-state index contributed by atoms with van der Waals surface area (Å²) in [5.41, 5.74) is 6.75. The molecule has 0 aliphatic heterocycles. The average molecular weight is 321 g/mol. The van der Waals surface area contributed by atoms with Gasteiger partial charge in [0.05, 0.1) is 14.2 Å². The highest BCUT2D eigenvalue weighted by Gasteiger charge is 2.15. The van der Waals surface area contributed by atoms with E-state index in [1.165, 1.54) is 0 Å². The molecule has 0 radical (unpaired) electrons. The number of benzene rings is 1. The van der Waals surface area contributed by atoms with E-state index in [1.807, 2.05) is 6.07 Å². The monoisotopic (exact) mass is 321 g/mol. The second-order valence-corrected chi connectivity index (χ2v) is 4.93. The number of methoxy groups -OCH3 is 2. The lowest BCUT2D eigenvalue weighted by atomic mass is 10.1. The van der Waals surface area contributed by atoms with Crippen LogP contribution < -0.4 is 25.8 Å². The molecule has 0 heterocycles. The summed E-state index contributed by atoms with van der Waals surface area (Å²) in [5.74, 6) is 0.898. The number of rotatable bonds is 8. The van der Waals surface area contributed by atoms with E-state index in [0.717, 1.165) is 11.1 Å². The van der Waals surface area contributed by atoms with Gasteiger partial charge in [-0.15, -0.1) is 6.58 Å².